The van der Waals surface area contributed by atoms with Crippen LogP contribution in [0.2, 0.25) is 0 Å². The van der Waals surface area contributed by atoms with Crippen molar-refractivity contribution in [2.75, 3.05) is 17.9 Å². The van der Waals surface area contributed by atoms with E-state index in [1.807, 2.05) is 11.8 Å². The molecule has 0 aromatic rings. The highest BCUT2D eigenvalue weighted by Crippen LogP contribution is 2.18. The average molecular weight is 195 g/mol. The van der Waals surface area contributed by atoms with E-state index in [0.717, 1.165) is 17.7 Å². The summed E-state index contributed by atoms with van der Waals surface area (Å²) in [5.41, 5.74) is 0. The third-order valence-electron chi connectivity index (χ3n) is 1.75. The summed E-state index contributed by atoms with van der Waals surface area (Å²) in [5, 5.41) is 0. The van der Waals surface area contributed by atoms with Gasteiger partial charge in [0.15, 0.2) is 0 Å². The van der Waals surface area contributed by atoms with Crippen molar-refractivity contribution in [2.45, 2.75) is 26.7 Å². The lowest BCUT2D eigenvalue weighted by Gasteiger charge is -2.14. The maximum Gasteiger partial charge on any atom is 0.0252 e. The molecule has 1 unspecified atom stereocenters. The Morgan fingerprint density at radius 1 is 1.36 bits per heavy atom. The fraction of sp³-hybridized carbons (Fsp3) is 1.00. The molecule has 0 aromatic heterocycles. The molecular weight excluding hydrogens is 176 g/mol. The van der Waals surface area contributed by atoms with Gasteiger partial charge in [0.25, 0.3) is 0 Å². The van der Waals surface area contributed by atoms with Crippen LogP contribution in [0.1, 0.15) is 26.7 Å². The third kappa shape index (κ3) is 7.02. The monoisotopic (exact) mass is 194 g/mol. The predicted octanol–water partition coefficient (Wildman–Crippen LogP) is 3.64. The van der Waals surface area contributed by atoms with Gasteiger partial charge in [0.2, 0.25) is 0 Å². The number of rotatable bonds is 6. The van der Waals surface area contributed by atoms with Gasteiger partial charge in [-0.3, -0.25) is 0 Å². The van der Waals surface area contributed by atoms with Gasteiger partial charge in [-0.05, 0) is 36.7 Å². The second kappa shape index (κ2) is 7.30. The Morgan fingerprint density at radius 2 is 2.00 bits per heavy atom. The van der Waals surface area contributed by atoms with E-state index in [9.17, 15) is 0 Å². The minimum Gasteiger partial charge on any atom is -0.165 e. The predicted molar refractivity (Wildman–Crippen MR) is 56.7 cm³/mol. The first kappa shape index (κ1) is 11.6. The lowest BCUT2D eigenvalue weighted by atomic mass is 9.97. The van der Waals surface area contributed by atoms with Gasteiger partial charge in [0.05, 0.1) is 0 Å². The van der Waals surface area contributed by atoms with Crippen molar-refractivity contribution >= 4 is 23.4 Å². The van der Waals surface area contributed by atoms with Crippen LogP contribution in [0.4, 0.5) is 0 Å². The minimum atomic E-state index is 0.740. The zero-order chi connectivity index (χ0) is 8.69. The Kier molecular flexibility index (Phi) is 7.72. The van der Waals surface area contributed by atoms with E-state index in [1.54, 1.807) is 0 Å². The Hall–Kier alpha value is 0.640. The number of alkyl halides is 1. The van der Waals surface area contributed by atoms with Crippen LogP contribution in [-0.2, 0) is 0 Å². The molecule has 0 N–H and O–H groups in total. The molecule has 0 radical (unpaired) electrons. The molecule has 0 saturated carbocycles. The Labute approximate surface area is 80.1 Å². The summed E-state index contributed by atoms with van der Waals surface area (Å²) >= 11 is 7.75. The van der Waals surface area contributed by atoms with Crippen LogP contribution in [0, 0.1) is 11.8 Å². The largest absolute Gasteiger partial charge is 0.165 e. The number of thioether (sulfide) groups is 1. The molecule has 68 valence electrons. The molecule has 0 bridgehead atoms. The van der Waals surface area contributed by atoms with Crippen molar-refractivity contribution in [1.82, 2.24) is 0 Å². The van der Waals surface area contributed by atoms with Crippen molar-refractivity contribution in [1.29, 1.82) is 0 Å². The Bertz CT molecular complexity index is 83.6. The molecule has 0 aromatic carbocycles. The molecule has 0 nitrogen and oxygen atoms in total. The molecular formula is C9H19ClS. The van der Waals surface area contributed by atoms with Gasteiger partial charge in [0.1, 0.15) is 0 Å². The van der Waals surface area contributed by atoms with Gasteiger partial charge in [-0.25, -0.2) is 0 Å². The summed E-state index contributed by atoms with van der Waals surface area (Å²) in [4.78, 5) is 0. The van der Waals surface area contributed by atoms with Crippen molar-refractivity contribution in [3.05, 3.63) is 0 Å². The highest BCUT2D eigenvalue weighted by atomic mass is 35.5. The number of halogens is 1. The van der Waals surface area contributed by atoms with Crippen molar-refractivity contribution in [3.8, 4) is 0 Å². The molecule has 0 spiro atoms. The fourth-order valence-electron chi connectivity index (χ4n) is 1.21. The topological polar surface area (TPSA) is 0 Å². The highest BCUT2D eigenvalue weighted by molar-refractivity contribution is 7.98. The van der Waals surface area contributed by atoms with Crippen LogP contribution in [0.5, 0.6) is 0 Å². The molecule has 0 heterocycles. The fourth-order valence-corrected chi connectivity index (χ4v) is 2.06. The number of hydrogen-bond donors (Lipinski definition) is 0. The van der Waals surface area contributed by atoms with Gasteiger partial charge >= 0.3 is 0 Å². The lowest BCUT2D eigenvalue weighted by Crippen LogP contribution is -2.07. The maximum atomic E-state index is 5.84. The van der Waals surface area contributed by atoms with E-state index in [4.69, 9.17) is 11.6 Å². The molecule has 0 rings (SSSR count). The third-order valence-corrected chi connectivity index (χ3v) is 2.83. The van der Waals surface area contributed by atoms with E-state index in [0.29, 0.717) is 0 Å². The van der Waals surface area contributed by atoms with Crippen molar-refractivity contribution < 1.29 is 0 Å². The number of hydrogen-bond acceptors (Lipinski definition) is 1. The second-order valence-corrected chi connectivity index (χ2v) is 4.73. The normalized spacial score (nSPS) is 13.9. The van der Waals surface area contributed by atoms with E-state index in [2.05, 4.69) is 20.1 Å². The summed E-state index contributed by atoms with van der Waals surface area (Å²) in [5.74, 6) is 3.62. The Balaban J connectivity index is 3.41. The van der Waals surface area contributed by atoms with Crippen LogP contribution in [0.3, 0.4) is 0 Å². The first-order valence-electron chi connectivity index (χ1n) is 4.25. The van der Waals surface area contributed by atoms with Gasteiger partial charge in [0, 0.05) is 5.88 Å². The minimum absolute atomic E-state index is 0.740. The quantitative estimate of drug-likeness (QED) is 0.582. The molecule has 1 atom stereocenters. The van der Waals surface area contributed by atoms with E-state index in [-0.39, 0.29) is 0 Å². The van der Waals surface area contributed by atoms with Crippen LogP contribution in [-0.4, -0.2) is 17.9 Å². The molecule has 0 saturated heterocycles. The average Bonchev–Trinajstić information content (AvgIpc) is 1.97. The molecule has 11 heavy (non-hydrogen) atoms. The molecule has 0 amide bonds. The van der Waals surface area contributed by atoms with Gasteiger partial charge in [-0.2, -0.15) is 11.8 Å². The first-order valence-corrected chi connectivity index (χ1v) is 6.18. The zero-order valence-electron chi connectivity index (χ0n) is 7.77. The van der Waals surface area contributed by atoms with Crippen molar-refractivity contribution in [3.63, 3.8) is 0 Å². The van der Waals surface area contributed by atoms with Crippen LogP contribution >= 0.6 is 23.4 Å². The lowest BCUT2D eigenvalue weighted by molar-refractivity contribution is 0.435. The van der Waals surface area contributed by atoms with E-state index < -0.39 is 0 Å². The second-order valence-electron chi connectivity index (χ2n) is 3.43. The van der Waals surface area contributed by atoms with Gasteiger partial charge in [-0.15, -0.1) is 11.6 Å². The first-order chi connectivity index (χ1) is 5.20. The van der Waals surface area contributed by atoms with Gasteiger partial charge in [-0.1, -0.05) is 13.8 Å². The summed E-state index contributed by atoms with van der Waals surface area (Å²) in [6.07, 6.45) is 4.72. The molecule has 0 aliphatic heterocycles. The van der Waals surface area contributed by atoms with Crippen molar-refractivity contribution in [2.24, 2.45) is 11.8 Å². The summed E-state index contributed by atoms with van der Waals surface area (Å²) in [6.45, 7) is 4.53. The summed E-state index contributed by atoms with van der Waals surface area (Å²) in [7, 11) is 0. The molecule has 0 fully saturated rings. The summed E-state index contributed by atoms with van der Waals surface area (Å²) < 4.78 is 0. The Morgan fingerprint density at radius 3 is 2.36 bits per heavy atom. The van der Waals surface area contributed by atoms with Crippen LogP contribution in [0.25, 0.3) is 0 Å². The molecule has 2 heteroatoms. The standard InChI is InChI=1S/C9H19ClS/c1-8(2)6-9(7-10)4-5-11-3/h8-9H,4-7H2,1-3H3. The SMILES string of the molecule is CSCCC(CCl)CC(C)C. The van der Waals surface area contributed by atoms with Crippen LogP contribution < -0.4 is 0 Å². The summed E-state index contributed by atoms with van der Waals surface area (Å²) in [6, 6.07) is 0. The van der Waals surface area contributed by atoms with E-state index >= 15 is 0 Å². The maximum absolute atomic E-state index is 5.84. The highest BCUT2D eigenvalue weighted by Gasteiger charge is 2.08. The van der Waals surface area contributed by atoms with Gasteiger partial charge < -0.3 is 0 Å². The van der Waals surface area contributed by atoms with E-state index in [1.165, 1.54) is 18.6 Å². The van der Waals surface area contributed by atoms with Crippen LogP contribution in [0.15, 0.2) is 0 Å². The smallest absolute Gasteiger partial charge is 0.0252 e. The molecule has 0 aliphatic carbocycles. The zero-order valence-corrected chi connectivity index (χ0v) is 9.34. The molecule has 0 aliphatic rings.